The van der Waals surface area contributed by atoms with Gasteiger partial charge in [-0.25, -0.2) is 0 Å². The molecular weight excluding hydrogens is 210 g/mol. The van der Waals surface area contributed by atoms with Gasteiger partial charge in [0.05, 0.1) is 10.7 Å². The average Bonchev–Trinajstić information content (AvgIpc) is 2.27. The molecule has 1 rings (SSSR count). The van der Waals surface area contributed by atoms with Gasteiger partial charge in [-0.05, 0) is 24.1 Å². The van der Waals surface area contributed by atoms with Gasteiger partial charge in [-0.2, -0.15) is 0 Å². The van der Waals surface area contributed by atoms with E-state index in [2.05, 4.69) is 12.2 Å². The molecule has 1 aromatic carbocycles. The van der Waals surface area contributed by atoms with Crippen LogP contribution in [0, 0.1) is 5.41 Å². The first-order chi connectivity index (χ1) is 7.10. The monoisotopic (exact) mass is 225 g/mol. The first-order valence-corrected chi connectivity index (χ1v) is 5.26. The van der Waals surface area contributed by atoms with E-state index in [1.165, 1.54) is 5.56 Å². The van der Waals surface area contributed by atoms with Crippen LogP contribution < -0.4 is 10.2 Å². The smallest absolute Gasteiger partial charge is 0.195 e. The summed E-state index contributed by atoms with van der Waals surface area (Å²) >= 11 is 6.08. The van der Waals surface area contributed by atoms with E-state index in [4.69, 9.17) is 17.0 Å². The summed E-state index contributed by atoms with van der Waals surface area (Å²) in [6, 6.07) is 5.88. The van der Waals surface area contributed by atoms with Crippen LogP contribution in [-0.2, 0) is 6.42 Å². The predicted molar refractivity (Wildman–Crippen MR) is 66.0 cm³/mol. The van der Waals surface area contributed by atoms with Gasteiger partial charge < -0.3 is 10.2 Å². The molecule has 0 spiro atoms. The molecule has 0 aliphatic heterocycles. The zero-order chi connectivity index (χ0) is 11.4. The molecule has 0 amide bonds. The lowest BCUT2D eigenvalue weighted by molar-refractivity contribution is 1.05. The second kappa shape index (κ2) is 5.03. The molecular formula is C11H16ClN3. The molecule has 3 nitrogen and oxygen atoms in total. The van der Waals surface area contributed by atoms with Crippen LogP contribution in [-0.4, -0.2) is 20.1 Å². The molecule has 0 aliphatic carbocycles. The first-order valence-electron chi connectivity index (χ1n) is 4.88. The topological polar surface area (TPSA) is 39.1 Å². The quantitative estimate of drug-likeness (QED) is 0.600. The molecule has 0 bridgehead atoms. The molecule has 0 saturated heterocycles. The molecule has 0 unspecified atom stereocenters. The second-order valence-electron chi connectivity index (χ2n) is 3.30. The van der Waals surface area contributed by atoms with Crippen LogP contribution in [0.4, 0.5) is 5.69 Å². The van der Waals surface area contributed by atoms with Crippen LogP contribution >= 0.6 is 11.6 Å². The van der Waals surface area contributed by atoms with Crippen LogP contribution in [0.3, 0.4) is 0 Å². The highest BCUT2D eigenvalue weighted by atomic mass is 35.5. The molecule has 0 fully saturated rings. The molecule has 1 aromatic rings. The van der Waals surface area contributed by atoms with Gasteiger partial charge >= 0.3 is 0 Å². The SMILES string of the molecule is CCc1ccc(Cl)c(N(C)C(=N)NC)c1. The highest BCUT2D eigenvalue weighted by molar-refractivity contribution is 6.33. The lowest BCUT2D eigenvalue weighted by atomic mass is 10.1. The average molecular weight is 226 g/mol. The van der Waals surface area contributed by atoms with E-state index >= 15 is 0 Å². The number of guanidine groups is 1. The van der Waals surface area contributed by atoms with Crippen molar-refractivity contribution < 1.29 is 0 Å². The third-order valence-electron chi connectivity index (χ3n) is 2.35. The van der Waals surface area contributed by atoms with Crippen molar-refractivity contribution in [2.75, 3.05) is 19.0 Å². The number of halogens is 1. The number of benzene rings is 1. The zero-order valence-electron chi connectivity index (χ0n) is 9.26. The van der Waals surface area contributed by atoms with Crippen molar-refractivity contribution in [2.24, 2.45) is 0 Å². The molecule has 2 N–H and O–H groups in total. The Kier molecular flexibility index (Phi) is 3.97. The van der Waals surface area contributed by atoms with Crippen molar-refractivity contribution in [1.29, 1.82) is 5.41 Å². The number of hydrogen-bond acceptors (Lipinski definition) is 1. The van der Waals surface area contributed by atoms with E-state index in [1.807, 2.05) is 25.2 Å². The van der Waals surface area contributed by atoms with Crippen LogP contribution in [0.2, 0.25) is 5.02 Å². The van der Waals surface area contributed by atoms with Crippen LogP contribution in [0.1, 0.15) is 12.5 Å². The molecule has 82 valence electrons. The van der Waals surface area contributed by atoms with Gasteiger partial charge in [0.1, 0.15) is 0 Å². The normalized spacial score (nSPS) is 9.87. The lowest BCUT2D eigenvalue weighted by Crippen LogP contribution is -2.35. The Hall–Kier alpha value is -1.22. The maximum atomic E-state index is 7.66. The Labute approximate surface area is 95.6 Å². The summed E-state index contributed by atoms with van der Waals surface area (Å²) in [7, 11) is 3.54. The Balaban J connectivity index is 3.06. The molecule has 4 heteroatoms. The lowest BCUT2D eigenvalue weighted by Gasteiger charge is -2.21. The number of anilines is 1. The van der Waals surface area contributed by atoms with Crippen LogP contribution in [0.25, 0.3) is 0 Å². The van der Waals surface area contributed by atoms with Crippen molar-refractivity contribution >= 4 is 23.2 Å². The van der Waals surface area contributed by atoms with Crippen molar-refractivity contribution in [3.8, 4) is 0 Å². The minimum absolute atomic E-state index is 0.324. The summed E-state index contributed by atoms with van der Waals surface area (Å²) < 4.78 is 0. The van der Waals surface area contributed by atoms with Gasteiger partial charge in [0.2, 0.25) is 0 Å². The molecule has 15 heavy (non-hydrogen) atoms. The third-order valence-corrected chi connectivity index (χ3v) is 2.67. The third kappa shape index (κ3) is 2.63. The Morgan fingerprint density at radius 2 is 2.20 bits per heavy atom. The maximum absolute atomic E-state index is 7.66. The second-order valence-corrected chi connectivity index (χ2v) is 3.70. The van der Waals surface area contributed by atoms with Crippen LogP contribution in [0.15, 0.2) is 18.2 Å². The van der Waals surface area contributed by atoms with Crippen molar-refractivity contribution in [3.63, 3.8) is 0 Å². The zero-order valence-corrected chi connectivity index (χ0v) is 10.0. The van der Waals surface area contributed by atoms with Gasteiger partial charge in [0, 0.05) is 14.1 Å². The van der Waals surface area contributed by atoms with Crippen molar-refractivity contribution in [2.45, 2.75) is 13.3 Å². The van der Waals surface area contributed by atoms with E-state index in [0.717, 1.165) is 12.1 Å². The van der Waals surface area contributed by atoms with Gasteiger partial charge in [0.15, 0.2) is 5.96 Å². The number of aryl methyl sites for hydroxylation is 1. The molecule has 0 aromatic heterocycles. The molecule has 0 heterocycles. The summed E-state index contributed by atoms with van der Waals surface area (Å²) in [6.45, 7) is 2.09. The van der Waals surface area contributed by atoms with Gasteiger partial charge in [-0.3, -0.25) is 5.41 Å². The largest absolute Gasteiger partial charge is 0.359 e. The van der Waals surface area contributed by atoms with E-state index in [0.29, 0.717) is 11.0 Å². The summed E-state index contributed by atoms with van der Waals surface area (Å²) in [5.74, 6) is 0.324. The Morgan fingerprint density at radius 3 is 2.73 bits per heavy atom. The fraction of sp³-hybridized carbons (Fsp3) is 0.364. The van der Waals surface area contributed by atoms with E-state index in [1.54, 1.807) is 11.9 Å². The summed E-state index contributed by atoms with van der Waals surface area (Å²) in [5, 5.41) is 11.1. The minimum atomic E-state index is 0.324. The molecule has 0 atom stereocenters. The van der Waals surface area contributed by atoms with Gasteiger partial charge in [-0.1, -0.05) is 24.6 Å². The molecule has 0 aliphatic rings. The maximum Gasteiger partial charge on any atom is 0.195 e. The fourth-order valence-electron chi connectivity index (χ4n) is 1.32. The number of hydrogen-bond donors (Lipinski definition) is 2. The Bertz CT molecular complexity index is 363. The minimum Gasteiger partial charge on any atom is -0.359 e. The number of nitrogens with zero attached hydrogens (tertiary/aromatic N) is 1. The number of nitrogens with one attached hydrogen (secondary N) is 2. The predicted octanol–water partition coefficient (Wildman–Crippen LogP) is 2.49. The Morgan fingerprint density at radius 1 is 1.53 bits per heavy atom. The summed E-state index contributed by atoms with van der Waals surface area (Å²) in [6.07, 6.45) is 0.963. The molecule has 0 saturated carbocycles. The van der Waals surface area contributed by atoms with Gasteiger partial charge in [-0.15, -0.1) is 0 Å². The van der Waals surface area contributed by atoms with Crippen molar-refractivity contribution in [3.05, 3.63) is 28.8 Å². The standard InChI is InChI=1S/C11H16ClN3/c1-4-8-5-6-9(12)10(7-8)15(3)11(13)14-2/h5-7H,4H2,1-3H3,(H2,13,14). The fourth-order valence-corrected chi connectivity index (χ4v) is 1.57. The van der Waals surface area contributed by atoms with E-state index < -0.39 is 0 Å². The van der Waals surface area contributed by atoms with E-state index in [-0.39, 0.29) is 0 Å². The highest BCUT2D eigenvalue weighted by Crippen LogP contribution is 2.26. The summed E-state index contributed by atoms with van der Waals surface area (Å²) in [4.78, 5) is 1.72. The van der Waals surface area contributed by atoms with Crippen molar-refractivity contribution in [1.82, 2.24) is 5.32 Å². The summed E-state index contributed by atoms with van der Waals surface area (Å²) in [5.41, 5.74) is 2.07. The number of rotatable bonds is 2. The van der Waals surface area contributed by atoms with Crippen LogP contribution in [0.5, 0.6) is 0 Å². The van der Waals surface area contributed by atoms with E-state index in [9.17, 15) is 0 Å². The highest BCUT2D eigenvalue weighted by Gasteiger charge is 2.09. The molecule has 0 radical (unpaired) electrons. The first kappa shape index (κ1) is 11.9. The van der Waals surface area contributed by atoms with Gasteiger partial charge in [0.25, 0.3) is 0 Å².